The Morgan fingerprint density at radius 2 is 2.26 bits per heavy atom. The van der Waals surface area contributed by atoms with Gasteiger partial charge in [-0.15, -0.1) is 0 Å². The molecule has 0 saturated carbocycles. The Kier molecular flexibility index (Phi) is 6.56. The Morgan fingerprint density at radius 1 is 1.53 bits per heavy atom. The lowest BCUT2D eigenvalue weighted by Gasteiger charge is -2.07. The molecule has 1 rings (SSSR count). The van der Waals surface area contributed by atoms with E-state index in [1.54, 1.807) is 0 Å². The molecule has 108 valence electrons. The van der Waals surface area contributed by atoms with Crippen LogP contribution in [0.4, 0.5) is 0 Å². The van der Waals surface area contributed by atoms with Crippen LogP contribution in [0.15, 0.2) is 6.20 Å². The average Bonchev–Trinajstić information content (AvgIpc) is 2.70. The molecule has 0 fully saturated rings. The average molecular weight is 267 g/mol. The maximum absolute atomic E-state index is 11.2. The summed E-state index contributed by atoms with van der Waals surface area (Å²) >= 11 is 0. The molecule has 5 nitrogen and oxygen atoms in total. The van der Waals surface area contributed by atoms with Crippen LogP contribution in [0.2, 0.25) is 0 Å². The van der Waals surface area contributed by atoms with Gasteiger partial charge in [0, 0.05) is 31.8 Å². The zero-order valence-electron chi connectivity index (χ0n) is 12.4. The van der Waals surface area contributed by atoms with Crippen molar-refractivity contribution < 1.29 is 9.53 Å². The monoisotopic (exact) mass is 267 g/mol. The highest BCUT2D eigenvalue weighted by Crippen LogP contribution is 2.16. The summed E-state index contributed by atoms with van der Waals surface area (Å²) in [7, 11) is 1.94. The van der Waals surface area contributed by atoms with Crippen LogP contribution in [-0.4, -0.2) is 28.9 Å². The van der Waals surface area contributed by atoms with Gasteiger partial charge in [-0.3, -0.25) is 9.48 Å². The van der Waals surface area contributed by atoms with Crippen LogP contribution in [0.3, 0.4) is 0 Å². The lowest BCUT2D eigenvalue weighted by molar-refractivity contribution is -0.143. The maximum Gasteiger partial charge on any atom is 0.305 e. The molecule has 19 heavy (non-hydrogen) atoms. The molecular weight excluding hydrogens is 242 g/mol. The van der Waals surface area contributed by atoms with Crippen LogP contribution in [0, 0.1) is 0 Å². The zero-order valence-corrected chi connectivity index (χ0v) is 12.4. The molecule has 0 aliphatic heterocycles. The number of ether oxygens (including phenoxy) is 1. The van der Waals surface area contributed by atoms with Gasteiger partial charge in [0.1, 0.15) is 0 Å². The number of hydrogen-bond acceptors (Lipinski definition) is 4. The summed E-state index contributed by atoms with van der Waals surface area (Å²) in [6, 6.07) is 0. The van der Waals surface area contributed by atoms with Gasteiger partial charge in [0.15, 0.2) is 0 Å². The van der Waals surface area contributed by atoms with E-state index < -0.39 is 0 Å². The molecule has 0 aliphatic carbocycles. The second-order valence-electron chi connectivity index (χ2n) is 4.95. The first kappa shape index (κ1) is 15.7. The van der Waals surface area contributed by atoms with Crippen molar-refractivity contribution in [3.63, 3.8) is 0 Å². The van der Waals surface area contributed by atoms with Gasteiger partial charge in [0.25, 0.3) is 0 Å². The van der Waals surface area contributed by atoms with Gasteiger partial charge >= 0.3 is 5.97 Å². The molecule has 1 aromatic heterocycles. The van der Waals surface area contributed by atoms with Crippen LogP contribution in [0.5, 0.6) is 0 Å². The lowest BCUT2D eigenvalue weighted by Crippen LogP contribution is -2.17. The second-order valence-corrected chi connectivity index (χ2v) is 4.95. The minimum atomic E-state index is -0.117. The molecular formula is C14H25N3O2. The number of carbonyl (C=O) groups excluding carboxylic acids is 1. The molecule has 0 unspecified atom stereocenters. The number of hydrogen-bond donors (Lipinski definition) is 1. The fourth-order valence-electron chi connectivity index (χ4n) is 1.99. The molecule has 0 radical (unpaired) electrons. The highest BCUT2D eigenvalue weighted by molar-refractivity contribution is 5.69. The standard InChI is InChI=1S/C14H25N3O2/c1-5-19-13(18)7-6-8-15-9-12-10-17(4)16-14(12)11(2)3/h10-11,15H,5-9H2,1-4H3. The molecule has 0 aromatic carbocycles. The van der Waals surface area contributed by atoms with Gasteiger partial charge in [-0.2, -0.15) is 5.10 Å². The number of nitrogens with one attached hydrogen (secondary N) is 1. The van der Waals surface area contributed by atoms with E-state index in [-0.39, 0.29) is 5.97 Å². The topological polar surface area (TPSA) is 56.1 Å². The van der Waals surface area contributed by atoms with Gasteiger partial charge in [0.05, 0.1) is 12.3 Å². The quantitative estimate of drug-likeness (QED) is 0.578. The van der Waals surface area contributed by atoms with Gasteiger partial charge in [0.2, 0.25) is 0 Å². The summed E-state index contributed by atoms with van der Waals surface area (Å²) in [6.45, 7) is 8.18. The molecule has 5 heteroatoms. The summed E-state index contributed by atoms with van der Waals surface area (Å²) in [5.74, 6) is 0.311. The van der Waals surface area contributed by atoms with Crippen molar-refractivity contribution in [2.45, 2.75) is 46.1 Å². The van der Waals surface area contributed by atoms with E-state index in [0.29, 0.717) is 18.9 Å². The molecule has 1 aromatic rings. The normalized spacial score (nSPS) is 11.0. The van der Waals surface area contributed by atoms with E-state index in [0.717, 1.165) is 25.2 Å². The number of nitrogens with zero attached hydrogens (tertiary/aromatic N) is 2. The highest BCUT2D eigenvalue weighted by Gasteiger charge is 2.10. The van der Waals surface area contributed by atoms with E-state index in [2.05, 4.69) is 24.3 Å². The minimum absolute atomic E-state index is 0.117. The third-order valence-electron chi connectivity index (χ3n) is 2.84. The first-order valence-corrected chi connectivity index (χ1v) is 6.93. The predicted molar refractivity (Wildman–Crippen MR) is 74.9 cm³/mol. The molecule has 1 heterocycles. The van der Waals surface area contributed by atoms with E-state index in [4.69, 9.17) is 4.74 Å². The zero-order chi connectivity index (χ0) is 14.3. The summed E-state index contributed by atoms with van der Waals surface area (Å²) in [6.07, 6.45) is 3.33. The summed E-state index contributed by atoms with van der Waals surface area (Å²) in [5.41, 5.74) is 2.37. The van der Waals surface area contributed by atoms with Crippen LogP contribution in [0.25, 0.3) is 0 Å². The summed E-state index contributed by atoms with van der Waals surface area (Å²) in [5, 5.41) is 7.81. The third-order valence-corrected chi connectivity index (χ3v) is 2.84. The van der Waals surface area contributed by atoms with Crippen molar-refractivity contribution in [2.75, 3.05) is 13.2 Å². The van der Waals surface area contributed by atoms with E-state index in [1.165, 1.54) is 5.56 Å². The molecule has 0 atom stereocenters. The molecule has 0 aliphatic rings. The van der Waals surface area contributed by atoms with Crippen molar-refractivity contribution in [3.8, 4) is 0 Å². The van der Waals surface area contributed by atoms with Crippen molar-refractivity contribution in [1.82, 2.24) is 15.1 Å². The highest BCUT2D eigenvalue weighted by atomic mass is 16.5. The molecule has 0 bridgehead atoms. The van der Waals surface area contributed by atoms with Gasteiger partial charge in [-0.25, -0.2) is 0 Å². The number of aryl methyl sites for hydroxylation is 1. The number of rotatable bonds is 8. The first-order valence-electron chi connectivity index (χ1n) is 6.93. The molecule has 0 amide bonds. The Bertz CT molecular complexity index is 399. The second kappa shape index (κ2) is 7.94. The maximum atomic E-state index is 11.2. The van der Waals surface area contributed by atoms with E-state index >= 15 is 0 Å². The van der Waals surface area contributed by atoms with Crippen LogP contribution in [0.1, 0.15) is 50.8 Å². The van der Waals surface area contributed by atoms with Crippen LogP contribution in [-0.2, 0) is 23.1 Å². The van der Waals surface area contributed by atoms with Gasteiger partial charge in [-0.1, -0.05) is 13.8 Å². The fourth-order valence-corrected chi connectivity index (χ4v) is 1.99. The van der Waals surface area contributed by atoms with Gasteiger partial charge in [-0.05, 0) is 25.8 Å². The number of esters is 1. The number of aromatic nitrogens is 2. The predicted octanol–water partition coefficient (Wildman–Crippen LogP) is 1.98. The van der Waals surface area contributed by atoms with Crippen LogP contribution < -0.4 is 5.32 Å². The van der Waals surface area contributed by atoms with E-state index in [9.17, 15) is 4.79 Å². The largest absolute Gasteiger partial charge is 0.466 e. The first-order chi connectivity index (χ1) is 9.04. The summed E-state index contributed by atoms with van der Waals surface area (Å²) in [4.78, 5) is 11.2. The van der Waals surface area contributed by atoms with Gasteiger partial charge < -0.3 is 10.1 Å². The lowest BCUT2D eigenvalue weighted by atomic mass is 10.1. The molecule has 0 saturated heterocycles. The SMILES string of the molecule is CCOC(=O)CCCNCc1cn(C)nc1C(C)C. The number of carbonyl (C=O) groups is 1. The third kappa shape index (κ3) is 5.42. The Balaban J connectivity index is 2.28. The molecule has 1 N–H and O–H groups in total. The fraction of sp³-hybridized carbons (Fsp3) is 0.714. The Morgan fingerprint density at radius 3 is 2.89 bits per heavy atom. The van der Waals surface area contributed by atoms with Crippen molar-refractivity contribution >= 4 is 5.97 Å². The van der Waals surface area contributed by atoms with Crippen LogP contribution >= 0.6 is 0 Å². The van der Waals surface area contributed by atoms with E-state index in [1.807, 2.05) is 24.9 Å². The summed E-state index contributed by atoms with van der Waals surface area (Å²) < 4.78 is 6.73. The molecule has 0 spiro atoms. The minimum Gasteiger partial charge on any atom is -0.466 e. The van der Waals surface area contributed by atoms with Crippen molar-refractivity contribution in [2.24, 2.45) is 7.05 Å². The Hall–Kier alpha value is -1.36. The van der Waals surface area contributed by atoms with Crippen molar-refractivity contribution in [3.05, 3.63) is 17.5 Å². The Labute approximate surface area is 115 Å². The van der Waals surface area contributed by atoms with Crippen molar-refractivity contribution in [1.29, 1.82) is 0 Å². The smallest absolute Gasteiger partial charge is 0.305 e.